The first-order chi connectivity index (χ1) is 14.2. The predicted octanol–water partition coefficient (Wildman–Crippen LogP) is 4.71. The largest absolute Gasteiger partial charge is 0.419 e. The number of fused-ring (bicyclic) bond motifs is 1. The maximum absolute atomic E-state index is 13.3. The Bertz CT molecular complexity index is 933. The third-order valence-corrected chi connectivity index (χ3v) is 7.19. The Kier molecular flexibility index (Phi) is 4.61. The molecule has 2 aliphatic carbocycles. The van der Waals surface area contributed by atoms with Crippen LogP contribution in [-0.2, 0) is 6.18 Å². The van der Waals surface area contributed by atoms with Gasteiger partial charge in [-0.2, -0.15) is 18.3 Å². The highest BCUT2D eigenvalue weighted by Crippen LogP contribution is 2.64. The monoisotopic (exact) mass is 419 g/mol. The molecule has 2 unspecified atom stereocenters. The van der Waals surface area contributed by atoms with Gasteiger partial charge in [-0.15, -0.1) is 0 Å². The normalized spacial score (nSPS) is 29.0. The van der Waals surface area contributed by atoms with Crippen molar-refractivity contribution in [1.82, 2.24) is 19.7 Å². The Labute approximate surface area is 174 Å². The molecule has 5 rings (SSSR count). The molecule has 8 heteroatoms. The van der Waals surface area contributed by atoms with Crippen LogP contribution in [0.15, 0.2) is 18.3 Å². The van der Waals surface area contributed by atoms with Crippen molar-refractivity contribution in [3.05, 3.63) is 29.6 Å². The number of likely N-dealkylation sites (tertiary alicyclic amines) is 1. The van der Waals surface area contributed by atoms with Crippen LogP contribution in [0.5, 0.6) is 0 Å². The second kappa shape index (κ2) is 6.97. The number of pyridine rings is 1. The van der Waals surface area contributed by atoms with Crippen molar-refractivity contribution in [2.75, 3.05) is 18.8 Å². The zero-order valence-electron chi connectivity index (χ0n) is 17.4. The van der Waals surface area contributed by atoms with E-state index in [9.17, 15) is 13.2 Å². The van der Waals surface area contributed by atoms with Gasteiger partial charge in [-0.3, -0.25) is 4.68 Å². The standard InChI is InChI=1S/C22H28F3N5/c1-12(2)30-19(20-15-8-14(9-16(15)20)29-5-3-4-6-29)10-18(28-30)13-7-17(22(23,24)25)21(26)27-11-13/h7,10-12,14-16,20H,3-6,8-9H2,1-2H3,(H2,26,27)/t14?,15-,16+,20?. The summed E-state index contributed by atoms with van der Waals surface area (Å²) in [7, 11) is 0. The zero-order chi connectivity index (χ0) is 21.2. The van der Waals surface area contributed by atoms with Crippen LogP contribution in [0, 0.1) is 11.8 Å². The van der Waals surface area contributed by atoms with Crippen molar-refractivity contribution < 1.29 is 13.2 Å². The number of halogens is 3. The molecule has 0 amide bonds. The topological polar surface area (TPSA) is 60.0 Å². The summed E-state index contributed by atoms with van der Waals surface area (Å²) < 4.78 is 41.8. The van der Waals surface area contributed by atoms with E-state index in [1.54, 1.807) is 0 Å². The number of nitrogen functional groups attached to an aromatic ring is 1. The molecule has 3 heterocycles. The summed E-state index contributed by atoms with van der Waals surface area (Å²) in [4.78, 5) is 6.43. The molecule has 3 fully saturated rings. The van der Waals surface area contributed by atoms with Gasteiger partial charge in [0.1, 0.15) is 5.82 Å². The molecular weight excluding hydrogens is 391 g/mol. The predicted molar refractivity (Wildman–Crippen MR) is 109 cm³/mol. The van der Waals surface area contributed by atoms with Gasteiger partial charge in [0.25, 0.3) is 0 Å². The Morgan fingerprint density at radius 3 is 2.37 bits per heavy atom. The molecule has 5 nitrogen and oxygen atoms in total. The van der Waals surface area contributed by atoms with Crippen LogP contribution in [0.25, 0.3) is 11.3 Å². The van der Waals surface area contributed by atoms with E-state index in [0.29, 0.717) is 35.1 Å². The van der Waals surface area contributed by atoms with Gasteiger partial charge in [0.05, 0.1) is 11.3 Å². The van der Waals surface area contributed by atoms with E-state index in [4.69, 9.17) is 5.73 Å². The number of aromatic nitrogens is 3. The Morgan fingerprint density at radius 2 is 1.77 bits per heavy atom. The molecule has 1 aliphatic heterocycles. The van der Waals surface area contributed by atoms with E-state index in [1.807, 2.05) is 10.7 Å². The number of nitrogens with two attached hydrogens (primary N) is 1. The second-order valence-electron chi connectivity index (χ2n) is 9.37. The van der Waals surface area contributed by atoms with Crippen LogP contribution >= 0.6 is 0 Å². The first-order valence-electron chi connectivity index (χ1n) is 10.9. The van der Waals surface area contributed by atoms with Crippen LogP contribution < -0.4 is 5.73 Å². The molecule has 2 N–H and O–H groups in total. The third kappa shape index (κ3) is 3.29. The molecule has 1 saturated heterocycles. The summed E-state index contributed by atoms with van der Waals surface area (Å²) in [5, 5.41) is 4.68. The van der Waals surface area contributed by atoms with Crippen molar-refractivity contribution >= 4 is 5.82 Å². The summed E-state index contributed by atoms with van der Waals surface area (Å²) in [6.07, 6.45) is 1.95. The van der Waals surface area contributed by atoms with Gasteiger partial charge < -0.3 is 10.6 Å². The number of rotatable bonds is 4. The van der Waals surface area contributed by atoms with Gasteiger partial charge in [0.15, 0.2) is 0 Å². The maximum Gasteiger partial charge on any atom is 0.419 e. The summed E-state index contributed by atoms with van der Waals surface area (Å²) in [5.41, 5.74) is 6.61. The van der Waals surface area contributed by atoms with Crippen molar-refractivity contribution in [2.24, 2.45) is 11.8 Å². The number of anilines is 1. The van der Waals surface area contributed by atoms with E-state index in [-0.39, 0.29) is 6.04 Å². The minimum Gasteiger partial charge on any atom is -0.383 e. The van der Waals surface area contributed by atoms with Crippen LogP contribution in [0.4, 0.5) is 19.0 Å². The summed E-state index contributed by atoms with van der Waals surface area (Å²) >= 11 is 0. The lowest BCUT2D eigenvalue weighted by Crippen LogP contribution is -2.31. The highest BCUT2D eigenvalue weighted by molar-refractivity contribution is 5.63. The SMILES string of the molecule is CC(C)n1nc(-c2cnc(N)c(C(F)(F)F)c2)cc1C1[C@H]2CC(N3CCCC3)C[C@@H]12. The highest BCUT2D eigenvalue weighted by Gasteiger charge is 2.58. The molecule has 162 valence electrons. The van der Waals surface area contributed by atoms with Gasteiger partial charge in [-0.1, -0.05) is 0 Å². The first kappa shape index (κ1) is 19.8. The fourth-order valence-corrected chi connectivity index (χ4v) is 5.71. The van der Waals surface area contributed by atoms with E-state index < -0.39 is 17.6 Å². The summed E-state index contributed by atoms with van der Waals surface area (Å²) in [6.45, 7) is 6.59. The number of alkyl halides is 3. The van der Waals surface area contributed by atoms with Crippen molar-refractivity contribution in [3.63, 3.8) is 0 Å². The zero-order valence-corrected chi connectivity index (χ0v) is 17.4. The molecular formula is C22H28F3N5. The lowest BCUT2D eigenvalue weighted by atomic mass is 10.0. The second-order valence-corrected chi connectivity index (χ2v) is 9.37. The number of nitrogens with zero attached hydrogens (tertiary/aromatic N) is 4. The van der Waals surface area contributed by atoms with Crippen LogP contribution in [0.3, 0.4) is 0 Å². The Hall–Kier alpha value is -2.09. The molecule has 30 heavy (non-hydrogen) atoms. The number of hydrogen-bond donors (Lipinski definition) is 1. The molecule has 0 spiro atoms. The highest BCUT2D eigenvalue weighted by atomic mass is 19.4. The van der Waals surface area contributed by atoms with Gasteiger partial charge in [0.2, 0.25) is 0 Å². The van der Waals surface area contributed by atoms with Gasteiger partial charge in [-0.05, 0) is 76.6 Å². The molecule has 3 aliphatic rings. The summed E-state index contributed by atoms with van der Waals surface area (Å²) in [5.74, 6) is 1.32. The molecule has 0 radical (unpaired) electrons. The van der Waals surface area contributed by atoms with E-state index in [0.717, 1.165) is 11.8 Å². The molecule has 0 aromatic carbocycles. The molecule has 2 aromatic rings. The third-order valence-electron chi connectivity index (χ3n) is 7.19. The van der Waals surface area contributed by atoms with Crippen LogP contribution in [-0.4, -0.2) is 38.8 Å². The van der Waals surface area contributed by atoms with Crippen molar-refractivity contribution in [1.29, 1.82) is 0 Å². The van der Waals surface area contributed by atoms with E-state index in [1.165, 1.54) is 45.0 Å². The smallest absolute Gasteiger partial charge is 0.383 e. The first-order valence-corrected chi connectivity index (χ1v) is 10.9. The Morgan fingerprint density at radius 1 is 1.10 bits per heavy atom. The van der Waals surface area contributed by atoms with Crippen LogP contribution in [0.1, 0.15) is 62.7 Å². The lowest BCUT2D eigenvalue weighted by Gasteiger charge is -2.25. The minimum absolute atomic E-state index is 0.147. The molecule has 0 bridgehead atoms. The minimum atomic E-state index is -4.53. The maximum atomic E-state index is 13.3. The van der Waals surface area contributed by atoms with Crippen LogP contribution in [0.2, 0.25) is 0 Å². The summed E-state index contributed by atoms with van der Waals surface area (Å²) in [6, 6.07) is 3.90. The molecule has 2 aromatic heterocycles. The fraction of sp³-hybridized carbons (Fsp3) is 0.636. The van der Waals surface area contributed by atoms with Crippen molar-refractivity contribution in [3.8, 4) is 11.3 Å². The van der Waals surface area contributed by atoms with Gasteiger partial charge >= 0.3 is 6.18 Å². The quantitative estimate of drug-likeness (QED) is 0.779. The van der Waals surface area contributed by atoms with Crippen molar-refractivity contribution in [2.45, 2.75) is 63.7 Å². The average molecular weight is 419 g/mol. The fourth-order valence-electron chi connectivity index (χ4n) is 5.71. The number of hydrogen-bond acceptors (Lipinski definition) is 4. The molecule has 2 saturated carbocycles. The van der Waals surface area contributed by atoms with Gasteiger partial charge in [0, 0.05) is 35.5 Å². The molecule has 4 atom stereocenters. The Balaban J connectivity index is 1.41. The average Bonchev–Trinajstić information content (AvgIpc) is 3.20. The van der Waals surface area contributed by atoms with E-state index >= 15 is 0 Å². The van der Waals surface area contributed by atoms with E-state index in [2.05, 4.69) is 28.8 Å². The lowest BCUT2D eigenvalue weighted by molar-refractivity contribution is -0.137. The van der Waals surface area contributed by atoms with Gasteiger partial charge in [-0.25, -0.2) is 4.98 Å².